The number of nitrogens with two attached hydrogens (primary N) is 1. The van der Waals surface area contributed by atoms with Gasteiger partial charge in [0.2, 0.25) is 5.91 Å². The Balaban J connectivity index is 2.01. The molecule has 0 unspecified atom stereocenters. The summed E-state index contributed by atoms with van der Waals surface area (Å²) in [4.78, 5) is 25.9. The van der Waals surface area contributed by atoms with Gasteiger partial charge in [0.15, 0.2) is 0 Å². The lowest BCUT2D eigenvalue weighted by Gasteiger charge is -2.31. The number of rotatable bonds is 4. The van der Waals surface area contributed by atoms with Crippen molar-refractivity contribution in [2.45, 2.75) is 32.8 Å². The van der Waals surface area contributed by atoms with E-state index < -0.39 is 0 Å². The molecule has 2 amide bonds. The SMILES string of the molecule is CC(C)Oc1ccc(C(=O)N2CCC(C(=O)NN)CC2)cc1Br. The lowest BCUT2D eigenvalue weighted by atomic mass is 9.95. The van der Waals surface area contributed by atoms with E-state index in [2.05, 4.69) is 21.4 Å². The Labute approximate surface area is 144 Å². The highest BCUT2D eigenvalue weighted by Gasteiger charge is 2.27. The van der Waals surface area contributed by atoms with Gasteiger partial charge < -0.3 is 9.64 Å². The van der Waals surface area contributed by atoms with E-state index in [4.69, 9.17) is 10.6 Å². The first-order chi connectivity index (χ1) is 10.9. The van der Waals surface area contributed by atoms with Gasteiger partial charge in [0.1, 0.15) is 5.75 Å². The minimum atomic E-state index is -0.157. The van der Waals surface area contributed by atoms with Crippen LogP contribution in [0.25, 0.3) is 0 Å². The fourth-order valence-corrected chi connectivity index (χ4v) is 3.10. The minimum absolute atomic E-state index is 0.0339. The second kappa shape index (κ2) is 7.79. The average Bonchev–Trinajstić information content (AvgIpc) is 2.55. The Bertz CT molecular complexity index is 584. The maximum absolute atomic E-state index is 12.6. The quantitative estimate of drug-likeness (QED) is 0.473. The fraction of sp³-hybridized carbons (Fsp3) is 0.500. The molecule has 1 heterocycles. The Morgan fingerprint density at radius 3 is 2.52 bits per heavy atom. The molecule has 1 saturated heterocycles. The highest BCUT2D eigenvalue weighted by Crippen LogP contribution is 2.28. The van der Waals surface area contributed by atoms with Gasteiger partial charge in [0.05, 0.1) is 10.6 Å². The number of hydrazine groups is 1. The molecule has 7 heteroatoms. The van der Waals surface area contributed by atoms with Gasteiger partial charge >= 0.3 is 0 Å². The molecule has 2 rings (SSSR count). The third kappa shape index (κ3) is 4.45. The van der Waals surface area contributed by atoms with Crippen LogP contribution in [0.2, 0.25) is 0 Å². The lowest BCUT2D eigenvalue weighted by Crippen LogP contribution is -2.44. The largest absolute Gasteiger partial charge is 0.490 e. The maximum atomic E-state index is 12.6. The normalized spacial score (nSPS) is 15.6. The predicted octanol–water partition coefficient (Wildman–Crippen LogP) is 2.08. The van der Waals surface area contributed by atoms with Crippen molar-refractivity contribution in [2.75, 3.05) is 13.1 Å². The first-order valence-corrected chi connectivity index (χ1v) is 8.47. The minimum Gasteiger partial charge on any atom is -0.490 e. The first-order valence-electron chi connectivity index (χ1n) is 7.68. The van der Waals surface area contributed by atoms with Gasteiger partial charge in [-0.3, -0.25) is 15.0 Å². The molecule has 1 aromatic rings. The molecule has 1 fully saturated rings. The Morgan fingerprint density at radius 1 is 1.35 bits per heavy atom. The van der Waals surface area contributed by atoms with Crippen LogP contribution in [-0.4, -0.2) is 35.9 Å². The van der Waals surface area contributed by atoms with E-state index in [0.717, 1.165) is 10.2 Å². The molecule has 1 aliphatic heterocycles. The molecule has 0 aliphatic carbocycles. The van der Waals surface area contributed by atoms with E-state index in [0.29, 0.717) is 31.5 Å². The summed E-state index contributed by atoms with van der Waals surface area (Å²) in [5.74, 6) is 5.57. The molecule has 0 bridgehead atoms. The van der Waals surface area contributed by atoms with Crippen molar-refractivity contribution in [1.82, 2.24) is 10.3 Å². The summed E-state index contributed by atoms with van der Waals surface area (Å²) in [6, 6.07) is 5.34. The second-order valence-corrected chi connectivity index (χ2v) is 6.74. The molecule has 0 aromatic heterocycles. The van der Waals surface area contributed by atoms with Gasteiger partial charge in [-0.05, 0) is 60.8 Å². The smallest absolute Gasteiger partial charge is 0.253 e. The first kappa shape index (κ1) is 17.7. The second-order valence-electron chi connectivity index (χ2n) is 5.89. The van der Waals surface area contributed by atoms with Crippen LogP contribution in [0.15, 0.2) is 22.7 Å². The zero-order valence-electron chi connectivity index (χ0n) is 13.3. The molecular weight excluding hydrogens is 362 g/mol. The van der Waals surface area contributed by atoms with E-state index >= 15 is 0 Å². The topological polar surface area (TPSA) is 84.7 Å². The van der Waals surface area contributed by atoms with Crippen molar-refractivity contribution < 1.29 is 14.3 Å². The number of nitrogens with zero attached hydrogens (tertiary/aromatic N) is 1. The van der Waals surface area contributed by atoms with Crippen molar-refractivity contribution in [1.29, 1.82) is 0 Å². The number of piperidine rings is 1. The molecule has 0 spiro atoms. The Morgan fingerprint density at radius 2 is 2.00 bits per heavy atom. The Hall–Kier alpha value is -1.60. The van der Waals surface area contributed by atoms with Gasteiger partial charge in [0.25, 0.3) is 5.91 Å². The standard InChI is InChI=1S/C16H22BrN3O3/c1-10(2)23-14-4-3-12(9-13(14)17)16(22)20-7-5-11(6-8-20)15(21)19-18/h3-4,9-11H,5-8,18H2,1-2H3,(H,19,21). The average molecular weight is 384 g/mol. The van der Waals surface area contributed by atoms with Crippen LogP contribution in [0, 0.1) is 5.92 Å². The summed E-state index contributed by atoms with van der Waals surface area (Å²) in [5.41, 5.74) is 2.78. The predicted molar refractivity (Wildman–Crippen MR) is 90.9 cm³/mol. The molecule has 126 valence electrons. The number of hydrogen-bond donors (Lipinski definition) is 2. The summed E-state index contributed by atoms with van der Waals surface area (Å²) < 4.78 is 6.41. The van der Waals surface area contributed by atoms with Crippen molar-refractivity contribution in [3.63, 3.8) is 0 Å². The van der Waals surface area contributed by atoms with Crippen LogP contribution in [0.4, 0.5) is 0 Å². The third-order valence-electron chi connectivity index (χ3n) is 3.84. The van der Waals surface area contributed by atoms with E-state index in [1.165, 1.54) is 0 Å². The number of carbonyl (C=O) groups is 2. The fourth-order valence-electron chi connectivity index (χ4n) is 2.63. The van der Waals surface area contributed by atoms with E-state index in [-0.39, 0.29) is 23.8 Å². The van der Waals surface area contributed by atoms with Crippen molar-refractivity contribution >= 4 is 27.7 Å². The number of carbonyl (C=O) groups excluding carboxylic acids is 2. The van der Waals surface area contributed by atoms with Crippen LogP contribution in [-0.2, 0) is 4.79 Å². The van der Waals surface area contributed by atoms with Crippen LogP contribution < -0.4 is 16.0 Å². The number of nitrogens with one attached hydrogen (secondary N) is 1. The van der Waals surface area contributed by atoms with Crippen molar-refractivity contribution in [3.05, 3.63) is 28.2 Å². The molecular formula is C16H22BrN3O3. The number of hydrogen-bond acceptors (Lipinski definition) is 4. The molecule has 1 aliphatic rings. The summed E-state index contributed by atoms with van der Waals surface area (Å²) >= 11 is 3.44. The number of amides is 2. The number of halogens is 1. The van der Waals surface area contributed by atoms with Crippen LogP contribution in [0.1, 0.15) is 37.0 Å². The van der Waals surface area contributed by atoms with Gasteiger partial charge in [0, 0.05) is 24.6 Å². The number of benzene rings is 1. The molecule has 3 N–H and O–H groups in total. The Kier molecular flexibility index (Phi) is 6.01. The number of ether oxygens (including phenoxy) is 1. The maximum Gasteiger partial charge on any atom is 0.253 e. The summed E-state index contributed by atoms with van der Waals surface area (Å²) in [7, 11) is 0. The summed E-state index contributed by atoms with van der Waals surface area (Å²) in [6.07, 6.45) is 1.33. The van der Waals surface area contributed by atoms with Crippen molar-refractivity contribution in [2.24, 2.45) is 11.8 Å². The summed E-state index contributed by atoms with van der Waals surface area (Å²) in [5, 5.41) is 0. The van der Waals surface area contributed by atoms with Crippen LogP contribution >= 0.6 is 15.9 Å². The van der Waals surface area contributed by atoms with Gasteiger partial charge in [-0.1, -0.05) is 0 Å². The molecule has 0 radical (unpaired) electrons. The molecule has 1 aromatic carbocycles. The zero-order chi connectivity index (χ0) is 17.0. The molecule has 6 nitrogen and oxygen atoms in total. The van der Waals surface area contributed by atoms with E-state index in [1.54, 1.807) is 23.1 Å². The highest BCUT2D eigenvalue weighted by atomic mass is 79.9. The van der Waals surface area contributed by atoms with E-state index in [1.807, 2.05) is 13.8 Å². The lowest BCUT2D eigenvalue weighted by molar-refractivity contribution is -0.126. The molecule has 23 heavy (non-hydrogen) atoms. The van der Waals surface area contributed by atoms with Gasteiger partial charge in [-0.2, -0.15) is 0 Å². The van der Waals surface area contributed by atoms with Gasteiger partial charge in [-0.25, -0.2) is 5.84 Å². The molecule has 0 saturated carbocycles. The highest BCUT2D eigenvalue weighted by molar-refractivity contribution is 9.10. The van der Waals surface area contributed by atoms with E-state index in [9.17, 15) is 9.59 Å². The van der Waals surface area contributed by atoms with Gasteiger partial charge in [-0.15, -0.1) is 0 Å². The summed E-state index contributed by atoms with van der Waals surface area (Å²) in [6.45, 7) is 5.01. The van der Waals surface area contributed by atoms with Crippen molar-refractivity contribution in [3.8, 4) is 5.75 Å². The zero-order valence-corrected chi connectivity index (χ0v) is 14.9. The van der Waals surface area contributed by atoms with Crippen LogP contribution in [0.3, 0.4) is 0 Å². The van der Waals surface area contributed by atoms with Crippen LogP contribution in [0.5, 0.6) is 5.75 Å². The molecule has 0 atom stereocenters. The third-order valence-corrected chi connectivity index (χ3v) is 4.46. The number of likely N-dealkylation sites (tertiary alicyclic amines) is 1. The monoisotopic (exact) mass is 383 g/mol.